The lowest BCUT2D eigenvalue weighted by molar-refractivity contribution is 0.590. The van der Waals surface area contributed by atoms with Crippen molar-refractivity contribution in [3.8, 4) is 33.4 Å². The van der Waals surface area contributed by atoms with Gasteiger partial charge in [0.15, 0.2) is 0 Å². The van der Waals surface area contributed by atoms with Crippen LogP contribution in [0.5, 0.6) is 0 Å². The zero-order valence-electron chi connectivity index (χ0n) is 30.6. The van der Waals surface area contributed by atoms with Gasteiger partial charge in [0, 0.05) is 22.4 Å². The summed E-state index contributed by atoms with van der Waals surface area (Å²) in [6.07, 6.45) is 0. The van der Waals surface area contributed by atoms with Gasteiger partial charge in [0.25, 0.3) is 0 Å². The molecule has 0 aromatic heterocycles. The summed E-state index contributed by atoms with van der Waals surface area (Å²) in [6, 6.07) is 63.1. The van der Waals surface area contributed by atoms with E-state index in [9.17, 15) is 0 Å². The highest BCUT2D eigenvalue weighted by atomic mass is 15.1. The highest BCUT2D eigenvalue weighted by Gasteiger charge is 2.36. The van der Waals surface area contributed by atoms with E-state index in [4.69, 9.17) is 0 Å². The van der Waals surface area contributed by atoms with Crippen LogP contribution in [0.15, 0.2) is 170 Å². The van der Waals surface area contributed by atoms with E-state index in [0.717, 1.165) is 17.1 Å². The first-order chi connectivity index (χ1) is 25.2. The first kappa shape index (κ1) is 32.0. The van der Waals surface area contributed by atoms with Gasteiger partial charge in [0.2, 0.25) is 0 Å². The first-order valence-corrected chi connectivity index (χ1v) is 18.4. The van der Waals surface area contributed by atoms with Crippen LogP contribution in [0.1, 0.15) is 51.3 Å². The predicted octanol–water partition coefficient (Wildman–Crippen LogP) is 14.4. The molecule has 0 atom stereocenters. The molecule has 8 aromatic rings. The summed E-state index contributed by atoms with van der Waals surface area (Å²) in [7, 11) is 0. The number of hydrogen-bond donors (Lipinski definition) is 0. The Labute approximate surface area is 307 Å². The molecule has 0 amide bonds. The Bertz CT molecular complexity index is 2610. The Hall–Kier alpha value is -5.92. The summed E-state index contributed by atoms with van der Waals surface area (Å²) >= 11 is 0. The van der Waals surface area contributed by atoms with E-state index in [1.165, 1.54) is 71.6 Å². The number of benzene rings is 8. The molecule has 1 aliphatic rings. The van der Waals surface area contributed by atoms with E-state index in [0.29, 0.717) is 0 Å². The van der Waals surface area contributed by atoms with Crippen LogP contribution < -0.4 is 4.90 Å². The van der Waals surface area contributed by atoms with Gasteiger partial charge in [-0.05, 0) is 102 Å². The molecule has 1 aliphatic carbocycles. The molecule has 0 spiro atoms. The van der Waals surface area contributed by atoms with Gasteiger partial charge < -0.3 is 4.90 Å². The molecular weight excluding hydrogens is 627 g/mol. The molecule has 0 heterocycles. The summed E-state index contributed by atoms with van der Waals surface area (Å²) in [5, 5.41) is 4.96. The molecule has 1 heteroatoms. The van der Waals surface area contributed by atoms with Crippen LogP contribution in [0, 0.1) is 0 Å². The fourth-order valence-electron chi connectivity index (χ4n) is 8.40. The van der Waals surface area contributed by atoms with Crippen molar-refractivity contribution in [2.75, 3.05) is 4.90 Å². The number of anilines is 3. The topological polar surface area (TPSA) is 3.24 Å². The van der Waals surface area contributed by atoms with Crippen molar-refractivity contribution in [2.45, 2.75) is 45.4 Å². The fourth-order valence-corrected chi connectivity index (χ4v) is 8.40. The van der Waals surface area contributed by atoms with E-state index in [1.807, 2.05) is 0 Å². The minimum atomic E-state index is -0.113. The molecule has 52 heavy (non-hydrogen) atoms. The van der Waals surface area contributed by atoms with Gasteiger partial charge in [-0.1, -0.05) is 174 Å². The van der Waals surface area contributed by atoms with Crippen molar-refractivity contribution < 1.29 is 0 Å². The van der Waals surface area contributed by atoms with Crippen LogP contribution in [0.4, 0.5) is 17.1 Å². The largest absolute Gasteiger partial charge is 0.310 e. The van der Waals surface area contributed by atoms with Crippen molar-refractivity contribution >= 4 is 38.6 Å². The molecule has 0 unspecified atom stereocenters. The summed E-state index contributed by atoms with van der Waals surface area (Å²) < 4.78 is 0. The monoisotopic (exact) mass is 669 g/mol. The van der Waals surface area contributed by atoms with Crippen LogP contribution in [0.2, 0.25) is 0 Å². The number of nitrogens with zero attached hydrogens (tertiary/aromatic N) is 1. The number of rotatable bonds is 5. The molecule has 0 aliphatic heterocycles. The first-order valence-electron chi connectivity index (χ1n) is 18.4. The van der Waals surface area contributed by atoms with Crippen LogP contribution in [-0.2, 0) is 10.8 Å². The van der Waals surface area contributed by atoms with Crippen LogP contribution >= 0.6 is 0 Å². The molecule has 0 radical (unpaired) electrons. The molecule has 0 N–H and O–H groups in total. The van der Waals surface area contributed by atoms with Crippen LogP contribution in [-0.4, -0.2) is 0 Å². The van der Waals surface area contributed by atoms with E-state index in [2.05, 4.69) is 209 Å². The minimum Gasteiger partial charge on any atom is -0.310 e. The van der Waals surface area contributed by atoms with Crippen LogP contribution in [0.25, 0.3) is 54.9 Å². The lowest BCUT2D eigenvalue weighted by atomic mass is 9.82. The molecule has 0 fully saturated rings. The maximum absolute atomic E-state index is 2.48. The predicted molar refractivity (Wildman–Crippen MR) is 223 cm³/mol. The van der Waals surface area contributed by atoms with Crippen molar-refractivity contribution in [1.82, 2.24) is 0 Å². The molecule has 0 saturated heterocycles. The van der Waals surface area contributed by atoms with E-state index < -0.39 is 0 Å². The molecule has 9 rings (SSSR count). The van der Waals surface area contributed by atoms with Gasteiger partial charge in [-0.25, -0.2) is 0 Å². The van der Waals surface area contributed by atoms with Gasteiger partial charge in [0.05, 0.1) is 5.69 Å². The summed E-state index contributed by atoms with van der Waals surface area (Å²) in [5.74, 6) is 0. The normalized spacial score (nSPS) is 13.2. The van der Waals surface area contributed by atoms with Crippen molar-refractivity contribution in [3.05, 3.63) is 187 Å². The maximum atomic E-state index is 2.48. The van der Waals surface area contributed by atoms with Gasteiger partial charge in [-0.3, -0.25) is 0 Å². The van der Waals surface area contributed by atoms with E-state index in [-0.39, 0.29) is 10.8 Å². The van der Waals surface area contributed by atoms with Gasteiger partial charge in [0.1, 0.15) is 0 Å². The molecule has 0 bridgehead atoms. The third-order valence-corrected chi connectivity index (χ3v) is 11.2. The summed E-state index contributed by atoms with van der Waals surface area (Å²) in [6.45, 7) is 11.5. The van der Waals surface area contributed by atoms with Crippen molar-refractivity contribution in [2.24, 2.45) is 0 Å². The maximum Gasteiger partial charge on any atom is 0.0546 e. The smallest absolute Gasteiger partial charge is 0.0546 e. The molecule has 0 saturated carbocycles. The quantitative estimate of drug-likeness (QED) is 0.176. The summed E-state index contributed by atoms with van der Waals surface area (Å²) in [5.41, 5.74) is 15.1. The van der Waals surface area contributed by atoms with Crippen molar-refractivity contribution in [1.29, 1.82) is 0 Å². The Morgan fingerprint density at radius 2 is 1.00 bits per heavy atom. The highest BCUT2D eigenvalue weighted by Crippen LogP contribution is 2.52. The number of fused-ring (bicyclic) bond motifs is 5. The standard InChI is InChI=1S/C51H43N/c1-50(2,3)38-26-21-34(22-27-38)35-23-28-39(29-24-35)52(40-30-31-44-43-18-10-11-20-46(43)51(4,5)47(44)33-40)48-32-25-37-14-7-9-17-42(37)49(48)45-19-12-15-36-13-6-8-16-41(36)45/h6-33H,1-5H3. The third-order valence-electron chi connectivity index (χ3n) is 11.2. The fraction of sp³-hybridized carbons (Fsp3) is 0.137. The van der Waals surface area contributed by atoms with E-state index >= 15 is 0 Å². The minimum absolute atomic E-state index is 0.113. The number of hydrogen-bond acceptors (Lipinski definition) is 1. The average Bonchev–Trinajstić information content (AvgIpc) is 3.40. The van der Waals surface area contributed by atoms with Gasteiger partial charge in [-0.2, -0.15) is 0 Å². The highest BCUT2D eigenvalue weighted by molar-refractivity contribution is 6.11. The molecular formula is C51H43N. The Kier molecular flexibility index (Phi) is 7.45. The molecule has 252 valence electrons. The zero-order valence-corrected chi connectivity index (χ0v) is 30.6. The Morgan fingerprint density at radius 1 is 0.442 bits per heavy atom. The van der Waals surface area contributed by atoms with Gasteiger partial charge >= 0.3 is 0 Å². The second-order valence-electron chi connectivity index (χ2n) is 15.8. The SMILES string of the molecule is CC(C)(C)c1ccc(-c2ccc(N(c3ccc4c(c3)C(C)(C)c3ccccc3-4)c3ccc4ccccc4c3-c3cccc4ccccc34)cc2)cc1. The lowest BCUT2D eigenvalue weighted by Crippen LogP contribution is -2.17. The van der Waals surface area contributed by atoms with Crippen LogP contribution in [0.3, 0.4) is 0 Å². The summed E-state index contributed by atoms with van der Waals surface area (Å²) in [4.78, 5) is 2.48. The zero-order chi connectivity index (χ0) is 35.6. The van der Waals surface area contributed by atoms with Gasteiger partial charge in [-0.15, -0.1) is 0 Å². The Balaban J connectivity index is 1.27. The Morgan fingerprint density at radius 3 is 1.73 bits per heavy atom. The second-order valence-corrected chi connectivity index (χ2v) is 15.8. The van der Waals surface area contributed by atoms with Crippen molar-refractivity contribution in [3.63, 3.8) is 0 Å². The molecule has 1 nitrogen and oxygen atoms in total. The second kappa shape index (κ2) is 12.1. The lowest BCUT2D eigenvalue weighted by Gasteiger charge is -2.31. The van der Waals surface area contributed by atoms with E-state index in [1.54, 1.807) is 0 Å². The third kappa shape index (κ3) is 5.23. The molecule has 8 aromatic carbocycles. The average molecular weight is 670 g/mol.